The number of rotatable bonds is 9. The van der Waals surface area contributed by atoms with Crippen molar-refractivity contribution in [2.24, 2.45) is 5.41 Å². The van der Waals surface area contributed by atoms with E-state index in [4.69, 9.17) is 18.9 Å². The lowest BCUT2D eigenvalue weighted by Gasteiger charge is -2.39. The quantitative estimate of drug-likeness (QED) is 0.422. The highest BCUT2D eigenvalue weighted by atomic mass is 16.7. The summed E-state index contributed by atoms with van der Waals surface area (Å²) in [6, 6.07) is 8.84. The highest BCUT2D eigenvalue weighted by molar-refractivity contribution is 6.02. The number of methoxy groups -OCH3 is 1. The van der Waals surface area contributed by atoms with E-state index < -0.39 is 11.9 Å². The summed E-state index contributed by atoms with van der Waals surface area (Å²) in [6.45, 7) is 1.64. The Balaban J connectivity index is 1.77. The summed E-state index contributed by atoms with van der Waals surface area (Å²) in [7, 11) is 1.42. The van der Waals surface area contributed by atoms with Crippen LogP contribution in [-0.2, 0) is 16.0 Å². The van der Waals surface area contributed by atoms with E-state index in [1.807, 2.05) is 32.0 Å². The first kappa shape index (κ1) is 24.0. The van der Waals surface area contributed by atoms with Crippen molar-refractivity contribution in [1.29, 1.82) is 0 Å². The van der Waals surface area contributed by atoms with E-state index in [-0.39, 0.29) is 36.0 Å². The predicted molar refractivity (Wildman–Crippen MR) is 123 cm³/mol. The normalized spacial score (nSPS) is 16.3. The lowest BCUT2D eigenvalue weighted by atomic mass is 9.69. The highest BCUT2D eigenvalue weighted by Gasteiger charge is 2.47. The zero-order chi connectivity index (χ0) is 24.5. The first-order valence-corrected chi connectivity index (χ1v) is 11.5. The van der Waals surface area contributed by atoms with Crippen LogP contribution in [-0.4, -0.2) is 48.3 Å². The maximum Gasteiger partial charge on any atom is 0.315 e. The second-order valence-corrected chi connectivity index (χ2v) is 9.05. The average Bonchev–Trinajstić information content (AvgIpc) is 3.13. The van der Waals surface area contributed by atoms with Gasteiger partial charge in [-0.1, -0.05) is 24.6 Å². The number of fused-ring (bicyclic) bond motifs is 1. The molecule has 34 heavy (non-hydrogen) atoms. The summed E-state index contributed by atoms with van der Waals surface area (Å²) in [5.41, 5.74) is 2.33. The van der Waals surface area contributed by atoms with Crippen molar-refractivity contribution in [1.82, 2.24) is 0 Å². The third-order valence-corrected chi connectivity index (χ3v) is 6.46. The number of carbonyl (C=O) groups excluding carboxylic acids is 2. The fourth-order valence-corrected chi connectivity index (χ4v) is 4.60. The van der Waals surface area contributed by atoms with Crippen LogP contribution in [0.1, 0.15) is 55.5 Å². The second-order valence-electron chi connectivity index (χ2n) is 9.05. The average molecular weight is 471 g/mol. The van der Waals surface area contributed by atoms with Crippen molar-refractivity contribution in [2.45, 2.75) is 58.5 Å². The van der Waals surface area contributed by atoms with Gasteiger partial charge in [-0.3, -0.25) is 9.59 Å². The van der Waals surface area contributed by atoms with Crippen LogP contribution in [0.25, 0.3) is 11.1 Å². The minimum absolute atomic E-state index is 0.0704. The van der Waals surface area contributed by atoms with Crippen molar-refractivity contribution < 1.29 is 38.7 Å². The number of benzene rings is 2. The largest absolute Gasteiger partial charge is 0.490 e. The first-order chi connectivity index (χ1) is 16.3. The van der Waals surface area contributed by atoms with Crippen LogP contribution >= 0.6 is 0 Å². The molecule has 0 saturated heterocycles. The molecule has 8 heteroatoms. The molecular weight excluding hydrogens is 440 g/mol. The standard InChI is InChI=1S/C26H30O8/c1-15(2)33-24(28)26(12-5-13-26)14-32-22-19(9-11-21(23(22)31-3)34-25(29)30)16-6-4-7-18-17(16)8-10-20(18)27/h4,6-7,9,11,15,25,29-30H,5,8,10,12-14H2,1-3H3. The molecule has 1 fully saturated rings. The fourth-order valence-electron chi connectivity index (χ4n) is 4.60. The molecule has 2 aliphatic carbocycles. The van der Waals surface area contributed by atoms with E-state index in [0.717, 1.165) is 17.5 Å². The van der Waals surface area contributed by atoms with Gasteiger partial charge in [0.15, 0.2) is 17.3 Å². The highest BCUT2D eigenvalue weighted by Crippen LogP contribution is 2.49. The lowest BCUT2D eigenvalue weighted by molar-refractivity contribution is -0.180. The molecule has 2 N–H and O–H groups in total. The van der Waals surface area contributed by atoms with Crippen LogP contribution in [0.15, 0.2) is 30.3 Å². The molecular formula is C26H30O8. The predicted octanol–water partition coefficient (Wildman–Crippen LogP) is 3.64. The van der Waals surface area contributed by atoms with Gasteiger partial charge >= 0.3 is 12.4 Å². The minimum Gasteiger partial charge on any atom is -0.490 e. The molecule has 4 rings (SSSR count). The number of esters is 1. The Labute approximate surface area is 198 Å². The Bertz CT molecular complexity index is 1080. The van der Waals surface area contributed by atoms with E-state index in [0.29, 0.717) is 42.6 Å². The Morgan fingerprint density at radius 3 is 2.38 bits per heavy atom. The molecule has 0 atom stereocenters. The smallest absolute Gasteiger partial charge is 0.315 e. The van der Waals surface area contributed by atoms with Crippen LogP contribution < -0.4 is 14.2 Å². The van der Waals surface area contributed by atoms with Gasteiger partial charge in [-0.15, -0.1) is 0 Å². The molecule has 0 aromatic heterocycles. The molecule has 0 radical (unpaired) electrons. The topological polar surface area (TPSA) is 112 Å². The second kappa shape index (κ2) is 9.64. The molecule has 0 heterocycles. The van der Waals surface area contributed by atoms with Crippen molar-refractivity contribution in [3.63, 3.8) is 0 Å². The number of hydrogen-bond acceptors (Lipinski definition) is 8. The van der Waals surface area contributed by atoms with Crippen LogP contribution in [0.3, 0.4) is 0 Å². The molecule has 182 valence electrons. The van der Waals surface area contributed by atoms with Crippen molar-refractivity contribution in [2.75, 3.05) is 13.7 Å². The van der Waals surface area contributed by atoms with Crippen molar-refractivity contribution >= 4 is 11.8 Å². The lowest BCUT2D eigenvalue weighted by Crippen LogP contribution is -2.45. The monoisotopic (exact) mass is 470 g/mol. The summed E-state index contributed by atoms with van der Waals surface area (Å²) in [5.74, 6) is 0.349. The zero-order valence-electron chi connectivity index (χ0n) is 19.6. The van der Waals surface area contributed by atoms with E-state index in [1.165, 1.54) is 7.11 Å². The Morgan fingerprint density at radius 1 is 1.03 bits per heavy atom. The van der Waals surface area contributed by atoms with Crippen LogP contribution in [0.5, 0.6) is 17.2 Å². The third kappa shape index (κ3) is 4.48. The van der Waals surface area contributed by atoms with E-state index >= 15 is 0 Å². The molecule has 0 bridgehead atoms. The Kier molecular flexibility index (Phi) is 6.81. The summed E-state index contributed by atoms with van der Waals surface area (Å²) in [6.07, 6.45) is 3.02. The Morgan fingerprint density at radius 2 is 1.76 bits per heavy atom. The van der Waals surface area contributed by atoms with Crippen LogP contribution in [0, 0.1) is 5.41 Å². The maximum atomic E-state index is 12.8. The van der Waals surface area contributed by atoms with E-state index in [9.17, 15) is 19.8 Å². The summed E-state index contributed by atoms with van der Waals surface area (Å²) in [5, 5.41) is 18.7. The molecule has 1 saturated carbocycles. The summed E-state index contributed by atoms with van der Waals surface area (Å²) in [4.78, 5) is 25.1. The molecule has 2 aliphatic rings. The Hall–Kier alpha value is -3.10. The van der Waals surface area contributed by atoms with Gasteiger partial charge in [0, 0.05) is 17.5 Å². The van der Waals surface area contributed by atoms with Crippen molar-refractivity contribution in [3.05, 3.63) is 41.5 Å². The molecule has 0 amide bonds. The SMILES string of the molecule is COc1c(OC(O)O)ccc(-c2cccc3c2CCC3=O)c1OCC1(C(=O)OC(C)C)CCC1. The number of ketones is 1. The first-order valence-electron chi connectivity index (χ1n) is 11.5. The summed E-state index contributed by atoms with van der Waals surface area (Å²) >= 11 is 0. The maximum absolute atomic E-state index is 12.8. The van der Waals surface area contributed by atoms with Crippen molar-refractivity contribution in [3.8, 4) is 28.4 Å². The van der Waals surface area contributed by atoms with Gasteiger partial charge in [0.25, 0.3) is 0 Å². The molecule has 8 nitrogen and oxygen atoms in total. The van der Waals surface area contributed by atoms with Gasteiger partial charge in [-0.05, 0) is 56.4 Å². The summed E-state index contributed by atoms with van der Waals surface area (Å²) < 4.78 is 22.4. The third-order valence-electron chi connectivity index (χ3n) is 6.46. The van der Waals surface area contributed by atoms with Crippen LogP contribution in [0.2, 0.25) is 0 Å². The zero-order valence-corrected chi connectivity index (χ0v) is 19.6. The van der Waals surface area contributed by atoms with Gasteiger partial charge < -0.3 is 29.2 Å². The van der Waals surface area contributed by atoms with Gasteiger partial charge in [0.2, 0.25) is 5.75 Å². The number of ether oxygens (including phenoxy) is 4. The van der Waals surface area contributed by atoms with E-state index in [2.05, 4.69) is 0 Å². The molecule has 0 aliphatic heterocycles. The van der Waals surface area contributed by atoms with Gasteiger partial charge in [-0.2, -0.15) is 0 Å². The van der Waals surface area contributed by atoms with Crippen LogP contribution in [0.4, 0.5) is 0 Å². The number of aliphatic hydroxyl groups excluding tert-OH is 1. The van der Waals surface area contributed by atoms with Gasteiger partial charge in [-0.25, -0.2) is 0 Å². The van der Waals surface area contributed by atoms with E-state index in [1.54, 1.807) is 12.1 Å². The molecule has 2 aromatic carbocycles. The number of Topliss-reactive ketones (excluding diaryl/α,β-unsaturated/α-hetero) is 1. The molecule has 2 aromatic rings. The number of hydrogen-bond donors (Lipinski definition) is 2. The molecule has 0 unspecified atom stereocenters. The number of carbonyl (C=O) groups is 2. The van der Waals surface area contributed by atoms with Gasteiger partial charge in [0.1, 0.15) is 12.0 Å². The van der Waals surface area contributed by atoms with Gasteiger partial charge in [0.05, 0.1) is 13.2 Å². The number of aliphatic hydroxyl groups is 2. The fraction of sp³-hybridized carbons (Fsp3) is 0.462. The molecule has 0 spiro atoms. The minimum atomic E-state index is -2.05.